The number of likely N-dealkylation sites (N-methyl/N-ethyl adjacent to an activating group) is 1. The number of hydrogen-bond donors (Lipinski definition) is 1. The summed E-state index contributed by atoms with van der Waals surface area (Å²) in [5.74, 6) is -0.101. The molecular weight excluding hydrogens is 282 g/mol. The van der Waals surface area contributed by atoms with E-state index in [0.29, 0.717) is 6.54 Å². The van der Waals surface area contributed by atoms with Gasteiger partial charge in [-0.05, 0) is 38.1 Å². The first kappa shape index (κ1) is 16.5. The first-order chi connectivity index (χ1) is 10.5. The second kappa shape index (κ2) is 7.45. The second-order valence-corrected chi connectivity index (χ2v) is 6.15. The Bertz CT molecular complexity index is 499. The maximum atomic E-state index is 12.8. The number of hydrogen-bond acceptors (Lipinski definition) is 4. The molecule has 0 saturated carbocycles. The third-order valence-electron chi connectivity index (χ3n) is 4.00. The lowest BCUT2D eigenvalue weighted by molar-refractivity contribution is -0.134. The van der Waals surface area contributed by atoms with Crippen LogP contribution in [0, 0.1) is 5.92 Å². The largest absolute Gasteiger partial charge is 0.459 e. The highest BCUT2D eigenvalue weighted by Crippen LogP contribution is 2.11. The Kier molecular flexibility index (Phi) is 5.60. The van der Waals surface area contributed by atoms with Gasteiger partial charge in [0, 0.05) is 19.6 Å². The summed E-state index contributed by atoms with van der Waals surface area (Å²) in [4.78, 5) is 29.0. The van der Waals surface area contributed by atoms with Gasteiger partial charge in [0.1, 0.15) is 6.04 Å². The van der Waals surface area contributed by atoms with E-state index in [1.54, 1.807) is 12.1 Å². The molecule has 1 N–H and O–H groups in total. The van der Waals surface area contributed by atoms with Crippen LogP contribution in [0.4, 0.5) is 0 Å². The highest BCUT2D eigenvalue weighted by Gasteiger charge is 2.30. The van der Waals surface area contributed by atoms with Crippen LogP contribution in [0.2, 0.25) is 0 Å². The lowest BCUT2D eigenvalue weighted by atomic mass is 10.0. The van der Waals surface area contributed by atoms with Gasteiger partial charge in [-0.15, -0.1) is 0 Å². The predicted molar refractivity (Wildman–Crippen MR) is 83.5 cm³/mol. The summed E-state index contributed by atoms with van der Waals surface area (Å²) in [6, 6.07) is 2.73. The van der Waals surface area contributed by atoms with Crippen LogP contribution >= 0.6 is 0 Å². The Labute approximate surface area is 131 Å². The van der Waals surface area contributed by atoms with E-state index in [-0.39, 0.29) is 23.5 Å². The van der Waals surface area contributed by atoms with Gasteiger partial charge in [-0.1, -0.05) is 13.8 Å². The lowest BCUT2D eigenvalue weighted by Gasteiger charge is -2.28. The van der Waals surface area contributed by atoms with Crippen molar-refractivity contribution in [2.45, 2.75) is 26.3 Å². The van der Waals surface area contributed by atoms with Gasteiger partial charge < -0.3 is 19.5 Å². The zero-order chi connectivity index (χ0) is 16.1. The number of nitrogens with zero attached hydrogens (tertiary/aromatic N) is 2. The molecule has 2 amide bonds. The van der Waals surface area contributed by atoms with E-state index in [1.807, 2.05) is 18.7 Å². The Morgan fingerprint density at radius 3 is 2.64 bits per heavy atom. The molecule has 0 aliphatic carbocycles. The normalized spacial score (nSPS) is 18.1. The SMILES string of the molecule is CC(C)C(NC(=O)c1ccco1)C(=O)N1CCCN(C)CC1. The van der Waals surface area contributed by atoms with Crippen LogP contribution in [-0.2, 0) is 4.79 Å². The van der Waals surface area contributed by atoms with Crippen LogP contribution in [0.15, 0.2) is 22.8 Å². The molecule has 122 valence electrons. The Morgan fingerprint density at radius 1 is 1.23 bits per heavy atom. The summed E-state index contributed by atoms with van der Waals surface area (Å²) in [6.07, 6.45) is 2.41. The van der Waals surface area contributed by atoms with Gasteiger partial charge >= 0.3 is 0 Å². The lowest BCUT2D eigenvalue weighted by Crippen LogP contribution is -2.51. The quantitative estimate of drug-likeness (QED) is 0.908. The van der Waals surface area contributed by atoms with Gasteiger partial charge in [-0.3, -0.25) is 9.59 Å². The number of amides is 2. The zero-order valence-electron chi connectivity index (χ0n) is 13.5. The standard InChI is InChI=1S/C16H25N3O3/c1-12(2)14(17-15(20)13-6-4-11-22-13)16(21)19-8-5-7-18(3)9-10-19/h4,6,11-12,14H,5,7-10H2,1-3H3,(H,17,20). The van der Waals surface area contributed by atoms with Crippen molar-refractivity contribution in [3.05, 3.63) is 24.2 Å². The molecule has 1 aliphatic heterocycles. The first-order valence-corrected chi connectivity index (χ1v) is 7.80. The number of furan rings is 1. The monoisotopic (exact) mass is 307 g/mol. The van der Waals surface area contributed by atoms with Gasteiger partial charge in [-0.2, -0.15) is 0 Å². The first-order valence-electron chi connectivity index (χ1n) is 7.80. The minimum absolute atomic E-state index is 0.00907. The van der Waals surface area contributed by atoms with Crippen LogP contribution < -0.4 is 5.32 Å². The van der Waals surface area contributed by atoms with E-state index in [9.17, 15) is 9.59 Å². The van der Waals surface area contributed by atoms with Gasteiger partial charge in [0.2, 0.25) is 5.91 Å². The predicted octanol–water partition coefficient (Wildman–Crippen LogP) is 1.20. The second-order valence-electron chi connectivity index (χ2n) is 6.15. The molecule has 6 heteroatoms. The molecule has 2 heterocycles. The molecule has 0 radical (unpaired) electrons. The van der Waals surface area contributed by atoms with Crippen molar-refractivity contribution >= 4 is 11.8 Å². The Balaban J connectivity index is 2.03. The third kappa shape index (κ3) is 4.10. The molecule has 0 bridgehead atoms. The number of carbonyl (C=O) groups excluding carboxylic acids is 2. The van der Waals surface area contributed by atoms with Gasteiger partial charge in [-0.25, -0.2) is 0 Å². The van der Waals surface area contributed by atoms with Crippen molar-refractivity contribution in [3.8, 4) is 0 Å². The van der Waals surface area contributed by atoms with Gasteiger partial charge in [0.15, 0.2) is 5.76 Å². The van der Waals surface area contributed by atoms with E-state index >= 15 is 0 Å². The molecule has 2 rings (SSSR count). The number of carbonyl (C=O) groups is 2. The van der Waals surface area contributed by atoms with Crippen LogP contribution in [0.5, 0.6) is 0 Å². The smallest absolute Gasteiger partial charge is 0.287 e. The zero-order valence-corrected chi connectivity index (χ0v) is 13.5. The van der Waals surface area contributed by atoms with E-state index in [4.69, 9.17) is 4.42 Å². The van der Waals surface area contributed by atoms with Crippen LogP contribution in [-0.4, -0.2) is 60.9 Å². The molecule has 1 saturated heterocycles. The van der Waals surface area contributed by atoms with Gasteiger partial charge in [0.05, 0.1) is 6.26 Å². The molecular formula is C16H25N3O3. The molecule has 1 fully saturated rings. The van der Waals surface area contributed by atoms with E-state index in [0.717, 1.165) is 26.1 Å². The Morgan fingerprint density at radius 2 is 2.00 bits per heavy atom. The highest BCUT2D eigenvalue weighted by atomic mass is 16.3. The third-order valence-corrected chi connectivity index (χ3v) is 4.00. The summed E-state index contributed by atoms with van der Waals surface area (Å²) in [6.45, 7) is 7.18. The Hall–Kier alpha value is -1.82. The van der Waals surface area contributed by atoms with E-state index < -0.39 is 6.04 Å². The summed E-state index contributed by atoms with van der Waals surface area (Å²) >= 11 is 0. The molecule has 0 spiro atoms. The molecule has 1 aromatic heterocycles. The van der Waals surface area contributed by atoms with Crippen LogP contribution in [0.1, 0.15) is 30.8 Å². The minimum atomic E-state index is -0.527. The molecule has 1 unspecified atom stereocenters. The maximum Gasteiger partial charge on any atom is 0.287 e. The number of rotatable bonds is 4. The van der Waals surface area contributed by atoms with Crippen molar-refractivity contribution in [2.75, 3.05) is 33.2 Å². The van der Waals surface area contributed by atoms with E-state index in [2.05, 4.69) is 17.3 Å². The average molecular weight is 307 g/mol. The fraction of sp³-hybridized carbons (Fsp3) is 0.625. The summed E-state index contributed by atoms with van der Waals surface area (Å²) in [7, 11) is 2.06. The summed E-state index contributed by atoms with van der Waals surface area (Å²) in [5, 5.41) is 2.81. The van der Waals surface area contributed by atoms with Crippen molar-refractivity contribution < 1.29 is 14.0 Å². The molecule has 1 aliphatic rings. The van der Waals surface area contributed by atoms with E-state index in [1.165, 1.54) is 6.26 Å². The fourth-order valence-electron chi connectivity index (χ4n) is 2.60. The number of nitrogens with one attached hydrogen (secondary N) is 1. The highest BCUT2D eigenvalue weighted by molar-refractivity contribution is 5.95. The maximum absolute atomic E-state index is 12.8. The topological polar surface area (TPSA) is 65.8 Å². The summed E-state index contributed by atoms with van der Waals surface area (Å²) in [5.41, 5.74) is 0. The van der Waals surface area contributed by atoms with Crippen LogP contribution in [0.3, 0.4) is 0 Å². The molecule has 1 aromatic rings. The van der Waals surface area contributed by atoms with Crippen molar-refractivity contribution in [2.24, 2.45) is 5.92 Å². The molecule has 1 atom stereocenters. The van der Waals surface area contributed by atoms with Crippen molar-refractivity contribution in [1.82, 2.24) is 15.1 Å². The van der Waals surface area contributed by atoms with Crippen molar-refractivity contribution in [1.29, 1.82) is 0 Å². The summed E-state index contributed by atoms with van der Waals surface area (Å²) < 4.78 is 5.09. The molecule has 22 heavy (non-hydrogen) atoms. The van der Waals surface area contributed by atoms with Crippen LogP contribution in [0.25, 0.3) is 0 Å². The average Bonchev–Trinajstić information content (AvgIpc) is 2.93. The van der Waals surface area contributed by atoms with Gasteiger partial charge in [0.25, 0.3) is 5.91 Å². The minimum Gasteiger partial charge on any atom is -0.459 e. The molecule has 6 nitrogen and oxygen atoms in total. The van der Waals surface area contributed by atoms with Crippen molar-refractivity contribution in [3.63, 3.8) is 0 Å². The fourth-order valence-corrected chi connectivity index (χ4v) is 2.60. The molecule has 0 aromatic carbocycles.